The maximum Gasteiger partial charge on any atom is 0.161 e. The van der Waals surface area contributed by atoms with Gasteiger partial charge in [0.2, 0.25) is 0 Å². The first kappa shape index (κ1) is 15.1. The quantitative estimate of drug-likeness (QED) is 0.894. The van der Waals surface area contributed by atoms with Crippen LogP contribution in [0, 0.1) is 5.92 Å². The van der Waals surface area contributed by atoms with Crippen LogP contribution in [0.1, 0.15) is 37.8 Å². The molecule has 0 aliphatic heterocycles. The molecule has 1 aromatic rings. The van der Waals surface area contributed by atoms with Crippen LogP contribution >= 0.6 is 12.4 Å². The summed E-state index contributed by atoms with van der Waals surface area (Å²) in [5.41, 5.74) is 7.41. The Hall–Kier alpha value is -0.930. The van der Waals surface area contributed by atoms with Crippen molar-refractivity contribution in [1.29, 1.82) is 0 Å². The van der Waals surface area contributed by atoms with Gasteiger partial charge in [0.1, 0.15) is 0 Å². The average molecular weight is 272 g/mol. The number of methoxy groups -OCH3 is 1. The SMILES string of the molecule is CCOc1cc([C@H](N)C2CCC2)ccc1OC.Cl. The molecule has 1 aliphatic carbocycles. The number of hydrogen-bond acceptors (Lipinski definition) is 3. The lowest BCUT2D eigenvalue weighted by atomic mass is 9.77. The summed E-state index contributed by atoms with van der Waals surface area (Å²) in [4.78, 5) is 0. The highest BCUT2D eigenvalue weighted by atomic mass is 35.5. The standard InChI is InChI=1S/C14H21NO2.ClH/c1-3-17-13-9-11(7-8-12(13)16-2)14(15)10-5-4-6-10;/h7-10,14H,3-6,15H2,1-2H3;1H/t14-;/m1./s1. The molecule has 1 saturated carbocycles. The van der Waals surface area contributed by atoms with E-state index in [9.17, 15) is 0 Å². The Kier molecular flexibility index (Phi) is 5.76. The van der Waals surface area contributed by atoms with Gasteiger partial charge in [0.05, 0.1) is 13.7 Å². The van der Waals surface area contributed by atoms with Gasteiger partial charge in [-0.05, 0) is 43.4 Å². The summed E-state index contributed by atoms with van der Waals surface area (Å²) in [7, 11) is 1.66. The van der Waals surface area contributed by atoms with E-state index in [2.05, 4.69) is 0 Å². The predicted octanol–water partition coefficient (Wildman–Crippen LogP) is 3.32. The van der Waals surface area contributed by atoms with Crippen molar-refractivity contribution in [3.8, 4) is 11.5 Å². The molecule has 18 heavy (non-hydrogen) atoms. The summed E-state index contributed by atoms with van der Waals surface area (Å²) in [6, 6.07) is 6.14. The van der Waals surface area contributed by atoms with E-state index in [0.717, 1.165) is 17.1 Å². The van der Waals surface area contributed by atoms with Gasteiger partial charge in [-0.2, -0.15) is 0 Å². The topological polar surface area (TPSA) is 44.5 Å². The molecule has 0 radical (unpaired) electrons. The van der Waals surface area contributed by atoms with E-state index in [0.29, 0.717) is 12.5 Å². The zero-order valence-electron chi connectivity index (χ0n) is 11.0. The molecule has 0 unspecified atom stereocenters. The number of rotatable bonds is 5. The van der Waals surface area contributed by atoms with Gasteiger partial charge in [-0.3, -0.25) is 0 Å². The Labute approximate surface area is 115 Å². The fourth-order valence-electron chi connectivity index (χ4n) is 2.24. The molecule has 0 spiro atoms. The van der Waals surface area contributed by atoms with Crippen molar-refractivity contribution in [3.63, 3.8) is 0 Å². The van der Waals surface area contributed by atoms with Gasteiger partial charge in [0.25, 0.3) is 0 Å². The number of benzene rings is 1. The van der Waals surface area contributed by atoms with Crippen LogP contribution in [-0.2, 0) is 0 Å². The fourth-order valence-corrected chi connectivity index (χ4v) is 2.24. The molecule has 1 aromatic carbocycles. The van der Waals surface area contributed by atoms with Gasteiger partial charge in [0.15, 0.2) is 11.5 Å². The molecule has 0 bridgehead atoms. The minimum absolute atomic E-state index is 0. The molecule has 102 valence electrons. The van der Waals surface area contributed by atoms with E-state index in [1.54, 1.807) is 7.11 Å². The Balaban J connectivity index is 0.00000162. The molecular formula is C14H22ClNO2. The highest BCUT2D eigenvalue weighted by Crippen LogP contribution is 2.38. The van der Waals surface area contributed by atoms with E-state index < -0.39 is 0 Å². The maximum atomic E-state index is 6.26. The first-order valence-corrected chi connectivity index (χ1v) is 6.32. The van der Waals surface area contributed by atoms with Crippen molar-refractivity contribution in [3.05, 3.63) is 23.8 Å². The lowest BCUT2D eigenvalue weighted by Crippen LogP contribution is -2.26. The van der Waals surface area contributed by atoms with Crippen molar-refractivity contribution >= 4 is 12.4 Å². The van der Waals surface area contributed by atoms with E-state index in [1.807, 2.05) is 25.1 Å². The number of ether oxygens (including phenoxy) is 2. The third-order valence-corrected chi connectivity index (χ3v) is 3.53. The average Bonchev–Trinajstić information content (AvgIpc) is 2.27. The van der Waals surface area contributed by atoms with Crippen LogP contribution in [0.3, 0.4) is 0 Å². The highest BCUT2D eigenvalue weighted by Gasteiger charge is 2.26. The summed E-state index contributed by atoms with van der Waals surface area (Å²) in [6.45, 7) is 2.61. The fraction of sp³-hybridized carbons (Fsp3) is 0.571. The van der Waals surface area contributed by atoms with E-state index in [4.69, 9.17) is 15.2 Å². The zero-order valence-corrected chi connectivity index (χ0v) is 11.8. The minimum atomic E-state index is 0. The molecule has 0 heterocycles. The van der Waals surface area contributed by atoms with Crippen molar-refractivity contribution in [2.24, 2.45) is 11.7 Å². The predicted molar refractivity (Wildman–Crippen MR) is 75.7 cm³/mol. The monoisotopic (exact) mass is 271 g/mol. The Morgan fingerprint density at radius 1 is 1.33 bits per heavy atom. The van der Waals surface area contributed by atoms with Gasteiger partial charge < -0.3 is 15.2 Å². The second-order valence-electron chi connectivity index (χ2n) is 4.56. The van der Waals surface area contributed by atoms with Crippen LogP contribution in [-0.4, -0.2) is 13.7 Å². The van der Waals surface area contributed by atoms with Crippen LogP contribution in [0.15, 0.2) is 18.2 Å². The molecule has 2 rings (SSSR count). The van der Waals surface area contributed by atoms with Gasteiger partial charge in [-0.15, -0.1) is 12.4 Å². The lowest BCUT2D eigenvalue weighted by Gasteiger charge is -2.31. The summed E-state index contributed by atoms with van der Waals surface area (Å²) < 4.78 is 10.8. The molecule has 0 saturated heterocycles. The minimum Gasteiger partial charge on any atom is -0.493 e. The van der Waals surface area contributed by atoms with Gasteiger partial charge in [0, 0.05) is 6.04 Å². The Morgan fingerprint density at radius 2 is 2.06 bits per heavy atom. The first-order valence-electron chi connectivity index (χ1n) is 6.32. The number of halogens is 1. The molecule has 4 heteroatoms. The number of hydrogen-bond donors (Lipinski definition) is 1. The van der Waals surface area contributed by atoms with Crippen molar-refractivity contribution < 1.29 is 9.47 Å². The van der Waals surface area contributed by atoms with Crippen molar-refractivity contribution in [2.45, 2.75) is 32.2 Å². The van der Waals surface area contributed by atoms with Crippen LogP contribution in [0.4, 0.5) is 0 Å². The summed E-state index contributed by atoms with van der Waals surface area (Å²) in [5, 5.41) is 0. The smallest absolute Gasteiger partial charge is 0.161 e. The summed E-state index contributed by atoms with van der Waals surface area (Å²) in [5.74, 6) is 2.21. The highest BCUT2D eigenvalue weighted by molar-refractivity contribution is 5.85. The Morgan fingerprint density at radius 3 is 2.56 bits per heavy atom. The van der Waals surface area contributed by atoms with Crippen LogP contribution in [0.5, 0.6) is 11.5 Å². The molecular weight excluding hydrogens is 250 g/mol. The third-order valence-electron chi connectivity index (χ3n) is 3.53. The lowest BCUT2D eigenvalue weighted by molar-refractivity contribution is 0.262. The normalized spacial score (nSPS) is 16.4. The van der Waals surface area contributed by atoms with Crippen LogP contribution < -0.4 is 15.2 Å². The van der Waals surface area contributed by atoms with Gasteiger partial charge >= 0.3 is 0 Å². The molecule has 1 fully saturated rings. The van der Waals surface area contributed by atoms with Gasteiger partial charge in [-0.25, -0.2) is 0 Å². The maximum absolute atomic E-state index is 6.26. The third kappa shape index (κ3) is 3.09. The molecule has 0 amide bonds. The van der Waals surface area contributed by atoms with Crippen LogP contribution in [0.25, 0.3) is 0 Å². The first-order chi connectivity index (χ1) is 8.26. The van der Waals surface area contributed by atoms with E-state index >= 15 is 0 Å². The second kappa shape index (κ2) is 6.86. The largest absolute Gasteiger partial charge is 0.493 e. The number of nitrogens with two attached hydrogens (primary N) is 1. The summed E-state index contributed by atoms with van der Waals surface area (Å²) >= 11 is 0. The van der Waals surface area contributed by atoms with Crippen LogP contribution in [0.2, 0.25) is 0 Å². The molecule has 1 aliphatic rings. The summed E-state index contributed by atoms with van der Waals surface area (Å²) in [6.07, 6.45) is 3.81. The zero-order chi connectivity index (χ0) is 12.3. The van der Waals surface area contributed by atoms with Gasteiger partial charge in [-0.1, -0.05) is 12.5 Å². The molecule has 0 aromatic heterocycles. The molecule has 3 nitrogen and oxygen atoms in total. The van der Waals surface area contributed by atoms with Crippen molar-refractivity contribution in [1.82, 2.24) is 0 Å². The van der Waals surface area contributed by atoms with E-state index in [-0.39, 0.29) is 18.4 Å². The molecule has 1 atom stereocenters. The van der Waals surface area contributed by atoms with Crippen molar-refractivity contribution in [2.75, 3.05) is 13.7 Å². The second-order valence-corrected chi connectivity index (χ2v) is 4.56. The van der Waals surface area contributed by atoms with E-state index in [1.165, 1.54) is 19.3 Å². The Bertz CT molecular complexity index is 380. The molecule has 2 N–H and O–H groups in total.